The zero-order valence-corrected chi connectivity index (χ0v) is 29.1. The molecular weight excluding hydrogens is 627 g/mol. The van der Waals surface area contributed by atoms with E-state index in [1.165, 1.54) is 37.3 Å². The van der Waals surface area contributed by atoms with E-state index in [0.717, 1.165) is 39.4 Å². The molecule has 1 N–H and O–H groups in total. The first-order valence-electron chi connectivity index (χ1n) is 16.1. The number of ether oxygens (including phenoxy) is 2. The van der Waals surface area contributed by atoms with E-state index in [4.69, 9.17) is 9.47 Å². The van der Waals surface area contributed by atoms with Gasteiger partial charge in [0.05, 0.1) is 24.8 Å². The molecule has 4 rings (SSSR count). The Labute approximate surface area is 284 Å². The van der Waals surface area contributed by atoms with Crippen molar-refractivity contribution in [2.75, 3.05) is 31.6 Å². The molecule has 0 spiro atoms. The highest BCUT2D eigenvalue weighted by Crippen LogP contribution is 2.32. The lowest BCUT2D eigenvalue weighted by Crippen LogP contribution is -2.53. The molecule has 0 saturated carbocycles. The predicted octanol–water partition coefficient (Wildman–Crippen LogP) is 6.07. The van der Waals surface area contributed by atoms with E-state index in [2.05, 4.69) is 5.32 Å². The first-order valence-corrected chi connectivity index (χ1v) is 17.5. The molecular formula is C38H45N3O6S. The van der Waals surface area contributed by atoms with Crippen LogP contribution in [0.15, 0.2) is 102 Å². The van der Waals surface area contributed by atoms with E-state index in [1.807, 2.05) is 75.4 Å². The number of amides is 2. The number of carbonyl (C=O) groups excluding carboxylic acids is 2. The van der Waals surface area contributed by atoms with Gasteiger partial charge in [0.1, 0.15) is 12.6 Å². The van der Waals surface area contributed by atoms with Gasteiger partial charge >= 0.3 is 0 Å². The molecule has 2 amide bonds. The van der Waals surface area contributed by atoms with Gasteiger partial charge in [-0.05, 0) is 61.2 Å². The zero-order valence-electron chi connectivity index (χ0n) is 28.3. The van der Waals surface area contributed by atoms with Crippen molar-refractivity contribution in [3.63, 3.8) is 0 Å². The number of nitrogens with one attached hydrogen (secondary N) is 1. The van der Waals surface area contributed by atoms with Crippen molar-refractivity contribution >= 4 is 27.5 Å². The Hall–Kier alpha value is -4.83. The zero-order chi connectivity index (χ0) is 34.7. The topological polar surface area (TPSA) is 105 Å². The number of aryl methyl sites for hydroxylation is 2. The maximum atomic E-state index is 14.7. The fourth-order valence-electron chi connectivity index (χ4n) is 5.38. The number of benzene rings is 4. The second-order valence-corrected chi connectivity index (χ2v) is 13.5. The Kier molecular flexibility index (Phi) is 12.6. The van der Waals surface area contributed by atoms with Crippen molar-refractivity contribution in [1.29, 1.82) is 0 Å². The van der Waals surface area contributed by atoms with Crippen LogP contribution in [0.5, 0.6) is 11.5 Å². The van der Waals surface area contributed by atoms with E-state index < -0.39 is 28.5 Å². The van der Waals surface area contributed by atoms with Crippen LogP contribution in [0.3, 0.4) is 0 Å². The molecule has 0 saturated heterocycles. The average molecular weight is 672 g/mol. The van der Waals surface area contributed by atoms with Gasteiger partial charge in [-0.15, -0.1) is 0 Å². The van der Waals surface area contributed by atoms with Crippen LogP contribution in [0.4, 0.5) is 5.69 Å². The van der Waals surface area contributed by atoms with Gasteiger partial charge in [0, 0.05) is 25.6 Å². The fraction of sp³-hybridized carbons (Fsp3) is 0.316. The van der Waals surface area contributed by atoms with Crippen molar-refractivity contribution in [3.05, 3.63) is 119 Å². The minimum absolute atomic E-state index is 0.0721. The van der Waals surface area contributed by atoms with Gasteiger partial charge in [0.25, 0.3) is 10.0 Å². The van der Waals surface area contributed by atoms with Crippen LogP contribution in [-0.2, 0) is 32.6 Å². The molecule has 0 aliphatic rings. The third-order valence-corrected chi connectivity index (χ3v) is 10.0. The summed E-state index contributed by atoms with van der Waals surface area (Å²) < 4.78 is 40.6. The van der Waals surface area contributed by atoms with Gasteiger partial charge in [-0.3, -0.25) is 13.9 Å². The molecule has 4 aromatic rings. The first-order chi connectivity index (χ1) is 23.1. The SMILES string of the molecule is CCCCNC(=O)[C@H](Cc1ccccc1)N(Cc1ccccc1C)C(=O)CN(c1ccc(C)cc1)S(=O)(=O)c1ccc(OC)c(OC)c1. The van der Waals surface area contributed by atoms with Gasteiger partial charge in [0.2, 0.25) is 11.8 Å². The number of unbranched alkanes of at least 4 members (excludes halogenated alkanes) is 1. The molecule has 0 fully saturated rings. The normalized spacial score (nSPS) is 11.8. The Balaban J connectivity index is 1.82. The lowest BCUT2D eigenvalue weighted by molar-refractivity contribution is -0.140. The van der Waals surface area contributed by atoms with Crippen LogP contribution in [-0.4, -0.2) is 58.5 Å². The highest BCUT2D eigenvalue weighted by atomic mass is 32.2. The summed E-state index contributed by atoms with van der Waals surface area (Å²) in [5, 5.41) is 3.02. The second-order valence-electron chi connectivity index (χ2n) is 11.7. The fourth-order valence-corrected chi connectivity index (χ4v) is 6.81. The van der Waals surface area contributed by atoms with Gasteiger partial charge in [-0.1, -0.05) is 85.6 Å². The van der Waals surface area contributed by atoms with E-state index in [-0.39, 0.29) is 29.5 Å². The summed E-state index contributed by atoms with van der Waals surface area (Å²) in [6, 6.07) is 27.5. The summed E-state index contributed by atoms with van der Waals surface area (Å²) in [5.74, 6) is -0.202. The Morgan fingerprint density at radius 1 is 0.833 bits per heavy atom. The summed E-state index contributed by atoms with van der Waals surface area (Å²) in [6.07, 6.45) is 1.94. The molecule has 4 aromatic carbocycles. The molecule has 0 aromatic heterocycles. The lowest BCUT2D eigenvalue weighted by atomic mass is 10.0. The van der Waals surface area contributed by atoms with Gasteiger partial charge in [-0.2, -0.15) is 0 Å². The quantitative estimate of drug-likeness (QED) is 0.145. The van der Waals surface area contributed by atoms with Gasteiger partial charge in [-0.25, -0.2) is 8.42 Å². The summed E-state index contributed by atoms with van der Waals surface area (Å²) in [4.78, 5) is 30.0. The number of rotatable bonds is 16. The lowest BCUT2D eigenvalue weighted by Gasteiger charge is -2.34. The minimum atomic E-state index is -4.31. The first kappa shape index (κ1) is 36.0. The molecule has 1 atom stereocenters. The minimum Gasteiger partial charge on any atom is -0.493 e. The van der Waals surface area contributed by atoms with Gasteiger partial charge in [0.15, 0.2) is 11.5 Å². The number of methoxy groups -OCH3 is 2. The standard InChI is InChI=1S/C38H45N3O6S/c1-6-7-23-39-38(43)34(24-30-14-9-8-10-15-30)40(26-31-16-12-11-13-29(31)3)37(42)27-41(32-19-17-28(2)18-20-32)48(44,45)33-21-22-35(46-4)36(25-33)47-5/h8-22,25,34H,6-7,23-24,26-27H2,1-5H3,(H,39,43)/t34-/m0/s1. The Bertz CT molecular complexity index is 1780. The van der Waals surface area contributed by atoms with Crippen LogP contribution in [0.2, 0.25) is 0 Å². The highest BCUT2D eigenvalue weighted by Gasteiger charge is 2.35. The van der Waals surface area contributed by atoms with Crippen LogP contribution >= 0.6 is 0 Å². The predicted molar refractivity (Wildman–Crippen MR) is 189 cm³/mol. The molecule has 48 heavy (non-hydrogen) atoms. The average Bonchev–Trinajstić information content (AvgIpc) is 3.09. The summed E-state index contributed by atoms with van der Waals surface area (Å²) in [6.45, 7) is 5.93. The largest absolute Gasteiger partial charge is 0.493 e. The van der Waals surface area contributed by atoms with Crippen LogP contribution < -0.4 is 19.1 Å². The second kappa shape index (κ2) is 16.8. The Morgan fingerprint density at radius 3 is 2.15 bits per heavy atom. The summed E-state index contributed by atoms with van der Waals surface area (Å²) >= 11 is 0. The number of hydrogen-bond acceptors (Lipinski definition) is 6. The molecule has 0 unspecified atom stereocenters. The molecule has 0 heterocycles. The molecule has 9 nitrogen and oxygen atoms in total. The third kappa shape index (κ3) is 8.95. The maximum Gasteiger partial charge on any atom is 0.264 e. The molecule has 254 valence electrons. The van der Waals surface area contributed by atoms with Crippen LogP contribution in [0.1, 0.15) is 42.0 Å². The van der Waals surface area contributed by atoms with Crippen molar-refractivity contribution < 1.29 is 27.5 Å². The van der Waals surface area contributed by atoms with Crippen molar-refractivity contribution in [2.24, 2.45) is 0 Å². The summed E-state index contributed by atoms with van der Waals surface area (Å²) in [7, 11) is -1.41. The van der Waals surface area contributed by atoms with Gasteiger partial charge < -0.3 is 19.7 Å². The number of anilines is 1. The Morgan fingerprint density at radius 2 is 1.50 bits per heavy atom. The molecule has 0 aliphatic heterocycles. The summed E-state index contributed by atoms with van der Waals surface area (Å²) in [5.41, 5.74) is 3.93. The van der Waals surface area contributed by atoms with Crippen molar-refractivity contribution in [1.82, 2.24) is 10.2 Å². The number of hydrogen-bond donors (Lipinski definition) is 1. The molecule has 0 bridgehead atoms. The van der Waals surface area contributed by atoms with Crippen molar-refractivity contribution in [2.45, 2.75) is 57.5 Å². The number of carbonyl (C=O) groups is 2. The smallest absolute Gasteiger partial charge is 0.264 e. The van der Waals surface area contributed by atoms with Crippen LogP contribution in [0, 0.1) is 13.8 Å². The molecule has 10 heteroatoms. The van der Waals surface area contributed by atoms with E-state index in [1.54, 1.807) is 24.3 Å². The van der Waals surface area contributed by atoms with E-state index in [9.17, 15) is 18.0 Å². The number of sulfonamides is 1. The van der Waals surface area contributed by atoms with E-state index in [0.29, 0.717) is 18.0 Å². The molecule has 0 radical (unpaired) electrons. The maximum absolute atomic E-state index is 14.7. The van der Waals surface area contributed by atoms with E-state index >= 15 is 0 Å². The number of nitrogens with zero attached hydrogens (tertiary/aromatic N) is 2. The van der Waals surface area contributed by atoms with Crippen molar-refractivity contribution in [3.8, 4) is 11.5 Å². The van der Waals surface area contributed by atoms with Crippen LogP contribution in [0.25, 0.3) is 0 Å². The third-order valence-electron chi connectivity index (χ3n) is 8.25. The molecule has 0 aliphatic carbocycles. The monoisotopic (exact) mass is 671 g/mol. The highest BCUT2D eigenvalue weighted by molar-refractivity contribution is 7.92.